The summed E-state index contributed by atoms with van der Waals surface area (Å²) in [6, 6.07) is 48.0. The molecule has 4 nitrogen and oxygen atoms in total. The summed E-state index contributed by atoms with van der Waals surface area (Å²) in [6.07, 6.45) is 16.9. The van der Waals surface area contributed by atoms with Gasteiger partial charge in [-0.2, -0.15) is 0 Å². The number of rotatable bonds is 4. The highest BCUT2D eigenvalue weighted by Crippen LogP contribution is 2.69. The molecule has 262 valence electrons. The molecular weight excluding hydrogens is 671 g/mol. The van der Waals surface area contributed by atoms with Crippen molar-refractivity contribution in [2.24, 2.45) is 5.41 Å². The molecule has 7 aromatic rings. The molecule has 1 aliphatic heterocycles. The lowest BCUT2D eigenvalue weighted by molar-refractivity contribution is 0.154. The van der Waals surface area contributed by atoms with Crippen LogP contribution >= 0.6 is 0 Å². The number of benzene rings is 6. The van der Waals surface area contributed by atoms with Gasteiger partial charge in [-0.3, -0.25) is 0 Å². The van der Waals surface area contributed by atoms with Gasteiger partial charge in [-0.1, -0.05) is 177 Å². The summed E-state index contributed by atoms with van der Waals surface area (Å²) in [5.41, 5.74) is 9.52. The minimum absolute atomic E-state index is 0.0480. The maximum absolute atomic E-state index is 7.30. The zero-order chi connectivity index (χ0) is 36.6. The van der Waals surface area contributed by atoms with Crippen LogP contribution in [0.25, 0.3) is 55.8 Å². The summed E-state index contributed by atoms with van der Waals surface area (Å²) in [5.74, 6) is 4.00. The largest absolute Gasteiger partial charge is 0.460 e. The van der Waals surface area contributed by atoms with Gasteiger partial charge in [-0.15, -0.1) is 0 Å². The van der Waals surface area contributed by atoms with Crippen molar-refractivity contribution in [3.8, 4) is 50.8 Å². The third-order valence-electron chi connectivity index (χ3n) is 12.3. The lowest BCUT2D eigenvalue weighted by atomic mass is 9.52. The van der Waals surface area contributed by atoms with Gasteiger partial charge in [0.25, 0.3) is 0 Å². The molecule has 0 bridgehead atoms. The molecule has 3 aliphatic carbocycles. The molecular formula is C51H37N3O. The number of hydrogen-bond acceptors (Lipinski definition) is 4. The van der Waals surface area contributed by atoms with E-state index >= 15 is 0 Å². The zero-order valence-electron chi connectivity index (χ0n) is 30.5. The Labute approximate surface area is 320 Å². The molecule has 0 saturated heterocycles. The summed E-state index contributed by atoms with van der Waals surface area (Å²) in [7, 11) is 0. The van der Waals surface area contributed by atoms with E-state index < -0.39 is 5.41 Å². The van der Waals surface area contributed by atoms with Gasteiger partial charge >= 0.3 is 0 Å². The molecule has 2 atom stereocenters. The molecule has 4 aliphatic rings. The molecule has 1 spiro atoms. The van der Waals surface area contributed by atoms with E-state index in [4.69, 9.17) is 19.7 Å². The van der Waals surface area contributed by atoms with Gasteiger partial charge in [0.05, 0.1) is 5.41 Å². The van der Waals surface area contributed by atoms with Gasteiger partial charge in [-0.25, -0.2) is 15.0 Å². The van der Waals surface area contributed by atoms with Crippen LogP contribution in [-0.4, -0.2) is 15.0 Å². The van der Waals surface area contributed by atoms with E-state index in [2.05, 4.69) is 165 Å². The number of allylic oxidation sites excluding steroid dienone is 8. The fourth-order valence-electron chi connectivity index (χ4n) is 9.80. The third kappa shape index (κ3) is 4.55. The van der Waals surface area contributed by atoms with E-state index in [1.807, 2.05) is 18.2 Å². The van der Waals surface area contributed by atoms with Gasteiger partial charge in [0.1, 0.15) is 17.3 Å². The van der Waals surface area contributed by atoms with Gasteiger partial charge in [0.2, 0.25) is 0 Å². The number of para-hydroxylation sites is 1. The molecule has 0 fully saturated rings. The first-order chi connectivity index (χ1) is 27.1. The van der Waals surface area contributed by atoms with Crippen LogP contribution in [0.5, 0.6) is 5.75 Å². The van der Waals surface area contributed by atoms with Crippen molar-refractivity contribution in [1.29, 1.82) is 0 Å². The van der Waals surface area contributed by atoms with E-state index in [-0.39, 0.29) is 11.3 Å². The molecule has 55 heavy (non-hydrogen) atoms. The highest BCUT2D eigenvalue weighted by Gasteiger charge is 2.62. The predicted octanol–water partition coefficient (Wildman–Crippen LogP) is 12.2. The SMILES string of the molecule is C[C@]12CC=CC=C1Oc1c(-c3ccc4ccccc4c3-c3nc(-c4ccccc4)nc(C4C=CC=CC4)n3)cccc1C21c2ccccc2-c2ccccc21. The molecule has 11 rings (SSSR count). The van der Waals surface area contributed by atoms with E-state index in [0.717, 1.165) is 63.2 Å². The second-order valence-corrected chi connectivity index (χ2v) is 15.2. The van der Waals surface area contributed by atoms with Crippen LogP contribution in [0.4, 0.5) is 0 Å². The molecule has 2 heterocycles. The average molecular weight is 708 g/mol. The van der Waals surface area contributed by atoms with Crippen LogP contribution in [0.1, 0.15) is 48.2 Å². The lowest BCUT2D eigenvalue weighted by Crippen LogP contribution is -2.50. The summed E-state index contributed by atoms with van der Waals surface area (Å²) in [4.78, 5) is 15.7. The fraction of sp³-hybridized carbons (Fsp3) is 0.118. The molecule has 1 unspecified atom stereocenters. The molecule has 0 amide bonds. The van der Waals surface area contributed by atoms with Crippen molar-refractivity contribution >= 4 is 10.8 Å². The number of nitrogens with zero attached hydrogens (tertiary/aromatic N) is 3. The minimum atomic E-state index is -0.487. The second-order valence-electron chi connectivity index (χ2n) is 15.2. The Balaban J connectivity index is 1.22. The molecule has 0 radical (unpaired) electrons. The quantitative estimate of drug-likeness (QED) is 0.183. The fourth-order valence-corrected chi connectivity index (χ4v) is 9.80. The van der Waals surface area contributed by atoms with Crippen molar-refractivity contribution in [3.05, 3.63) is 204 Å². The highest BCUT2D eigenvalue weighted by atomic mass is 16.5. The average Bonchev–Trinajstić information content (AvgIpc) is 3.55. The molecule has 6 aromatic carbocycles. The number of hydrogen-bond donors (Lipinski definition) is 0. The normalized spacial score (nSPS) is 19.7. The topological polar surface area (TPSA) is 47.9 Å². The van der Waals surface area contributed by atoms with Crippen LogP contribution in [-0.2, 0) is 5.41 Å². The van der Waals surface area contributed by atoms with Crippen LogP contribution in [0.15, 0.2) is 182 Å². The van der Waals surface area contributed by atoms with Gasteiger partial charge in [0.15, 0.2) is 11.6 Å². The van der Waals surface area contributed by atoms with Crippen molar-refractivity contribution in [2.75, 3.05) is 0 Å². The summed E-state index contributed by atoms with van der Waals surface area (Å²) in [6.45, 7) is 2.39. The van der Waals surface area contributed by atoms with Crippen molar-refractivity contribution < 1.29 is 4.74 Å². The molecule has 0 N–H and O–H groups in total. The Bertz CT molecular complexity index is 2780. The van der Waals surface area contributed by atoms with Crippen molar-refractivity contribution in [1.82, 2.24) is 15.0 Å². The number of fused-ring (bicyclic) bond motifs is 10. The minimum Gasteiger partial charge on any atom is -0.460 e. The molecule has 4 heteroatoms. The zero-order valence-corrected chi connectivity index (χ0v) is 30.5. The Kier molecular flexibility index (Phi) is 7.06. The first kappa shape index (κ1) is 31.8. The van der Waals surface area contributed by atoms with Gasteiger partial charge in [-0.05, 0) is 57.5 Å². The van der Waals surface area contributed by atoms with Gasteiger partial charge in [0, 0.05) is 33.6 Å². The van der Waals surface area contributed by atoms with Gasteiger partial charge < -0.3 is 4.74 Å². The van der Waals surface area contributed by atoms with E-state index in [0.29, 0.717) is 11.6 Å². The maximum Gasteiger partial charge on any atom is 0.164 e. The van der Waals surface area contributed by atoms with Crippen LogP contribution in [0.3, 0.4) is 0 Å². The molecule has 1 aromatic heterocycles. The summed E-state index contributed by atoms with van der Waals surface area (Å²) < 4.78 is 7.30. The van der Waals surface area contributed by atoms with Crippen molar-refractivity contribution in [2.45, 2.75) is 31.1 Å². The third-order valence-corrected chi connectivity index (χ3v) is 12.3. The molecule has 0 saturated carbocycles. The highest BCUT2D eigenvalue weighted by molar-refractivity contribution is 6.04. The van der Waals surface area contributed by atoms with Crippen LogP contribution in [0, 0.1) is 5.41 Å². The standard InChI is InChI=1S/C51H37N3O/c1-50-32-15-14-29-44(50)55-46-40(25-16-28-43(46)51(50)41-26-12-10-23-37(41)38-24-11-13-27-42(38)51)39-31-30-33-17-8-9-22-36(33)45(39)49-53-47(34-18-4-2-5-19-34)52-48(54-49)35-20-6-3-7-21-35/h2-20,22-31,35H,21,32H2,1H3/t35?,50-/m0/s1. The maximum atomic E-state index is 7.30. The Morgan fingerprint density at radius 3 is 2.09 bits per heavy atom. The number of aromatic nitrogens is 3. The van der Waals surface area contributed by atoms with E-state index in [1.165, 1.54) is 27.8 Å². The predicted molar refractivity (Wildman–Crippen MR) is 222 cm³/mol. The first-order valence-electron chi connectivity index (χ1n) is 19.2. The van der Waals surface area contributed by atoms with E-state index in [9.17, 15) is 0 Å². The second kappa shape index (κ2) is 12.2. The monoisotopic (exact) mass is 707 g/mol. The smallest absolute Gasteiger partial charge is 0.164 e. The number of ether oxygens (including phenoxy) is 1. The van der Waals surface area contributed by atoms with Crippen molar-refractivity contribution in [3.63, 3.8) is 0 Å². The van der Waals surface area contributed by atoms with Crippen LogP contribution < -0.4 is 4.74 Å². The Morgan fingerprint density at radius 2 is 1.29 bits per heavy atom. The Morgan fingerprint density at radius 1 is 0.582 bits per heavy atom. The van der Waals surface area contributed by atoms with Crippen LogP contribution in [0.2, 0.25) is 0 Å². The summed E-state index contributed by atoms with van der Waals surface area (Å²) in [5, 5.41) is 2.21. The Hall–Kier alpha value is -6.65. The first-order valence-corrected chi connectivity index (χ1v) is 19.2. The lowest BCUT2D eigenvalue weighted by Gasteiger charge is -2.53. The van der Waals surface area contributed by atoms with E-state index in [1.54, 1.807) is 0 Å². The summed E-state index contributed by atoms with van der Waals surface area (Å²) >= 11 is 0.